The van der Waals surface area contributed by atoms with Crippen LogP contribution in [0.2, 0.25) is 0 Å². The molecule has 0 spiro atoms. The van der Waals surface area contributed by atoms with Gasteiger partial charge in [0.05, 0.1) is 0 Å². The van der Waals surface area contributed by atoms with E-state index in [0.29, 0.717) is 38.8 Å². The predicted octanol–water partition coefficient (Wildman–Crippen LogP) is -2.49. The summed E-state index contributed by atoms with van der Waals surface area (Å²) < 4.78 is 0. The van der Waals surface area contributed by atoms with E-state index in [1.807, 2.05) is 0 Å². The molecule has 0 saturated carbocycles. The second kappa shape index (κ2) is 14.7. The quantitative estimate of drug-likeness (QED) is 0.114. The van der Waals surface area contributed by atoms with Crippen LogP contribution in [0.25, 0.3) is 0 Å². The van der Waals surface area contributed by atoms with Crippen LogP contribution in [0.5, 0.6) is 0 Å². The number of rotatable bonds is 11. The van der Waals surface area contributed by atoms with Crippen LogP contribution in [0.4, 0.5) is 0 Å². The number of aliphatic imine (C=N–C) groups is 2. The van der Waals surface area contributed by atoms with Crippen LogP contribution in [-0.2, 0) is 9.59 Å². The topological polar surface area (TPSA) is 233 Å². The maximum Gasteiger partial charge on any atom is 0.320 e. The van der Waals surface area contributed by atoms with Gasteiger partial charge in [-0.1, -0.05) is 0 Å². The van der Waals surface area contributed by atoms with E-state index < -0.39 is 24.0 Å². The third kappa shape index (κ3) is 16.3. The zero-order valence-electron chi connectivity index (χ0n) is 15.3. The number of guanidine groups is 2. The number of aliphatic carboxylic acids is 2. The number of likely N-dealkylation sites (N-methyl/N-ethyl adjacent to an activating group) is 1. The zero-order valence-corrected chi connectivity index (χ0v) is 15.3. The highest BCUT2D eigenvalue weighted by molar-refractivity contribution is 5.76. The third-order valence-corrected chi connectivity index (χ3v) is 3.12. The average Bonchev–Trinajstić information content (AvgIpc) is 2.50. The molecule has 0 aliphatic carbocycles. The first-order valence-electron chi connectivity index (χ1n) is 7.97. The van der Waals surface area contributed by atoms with Gasteiger partial charge in [-0.3, -0.25) is 24.5 Å². The first kappa shape index (κ1) is 25.6. The van der Waals surface area contributed by atoms with Gasteiger partial charge in [0.25, 0.3) is 0 Å². The zero-order chi connectivity index (χ0) is 20.7. The lowest BCUT2D eigenvalue weighted by Crippen LogP contribution is -2.35. The van der Waals surface area contributed by atoms with Crippen LogP contribution in [0.3, 0.4) is 0 Å². The van der Waals surface area contributed by atoms with Gasteiger partial charge in [0.1, 0.15) is 12.1 Å². The minimum Gasteiger partial charge on any atom is -0.480 e. The summed E-state index contributed by atoms with van der Waals surface area (Å²) >= 11 is 0. The van der Waals surface area contributed by atoms with E-state index in [2.05, 4.69) is 9.98 Å². The fourth-order valence-corrected chi connectivity index (χ4v) is 1.74. The van der Waals surface area contributed by atoms with Crippen molar-refractivity contribution >= 4 is 23.9 Å². The molecule has 0 amide bonds. The Labute approximate surface area is 153 Å². The summed E-state index contributed by atoms with van der Waals surface area (Å²) in [5.41, 5.74) is 25.6. The molecule has 152 valence electrons. The highest BCUT2D eigenvalue weighted by atomic mass is 16.4. The minimum atomic E-state index is -1.00. The average molecular weight is 376 g/mol. The fourth-order valence-electron chi connectivity index (χ4n) is 1.74. The Bertz CT molecular complexity index is 474. The Morgan fingerprint density at radius 2 is 1.31 bits per heavy atom. The molecule has 0 aromatic heterocycles. The second-order valence-electron chi connectivity index (χ2n) is 5.66. The molecule has 0 rings (SSSR count). The number of carboxylic acids is 2. The van der Waals surface area contributed by atoms with Crippen molar-refractivity contribution in [2.24, 2.45) is 38.7 Å². The number of carbonyl (C=O) groups is 2. The summed E-state index contributed by atoms with van der Waals surface area (Å²) in [6, 6.07) is -1.29. The molecule has 26 heavy (non-hydrogen) atoms. The monoisotopic (exact) mass is 376 g/mol. The van der Waals surface area contributed by atoms with Crippen LogP contribution in [0, 0.1) is 0 Å². The summed E-state index contributed by atoms with van der Waals surface area (Å²) in [6.07, 6.45) is 2.16. The van der Waals surface area contributed by atoms with E-state index in [-0.39, 0.29) is 11.9 Å². The summed E-state index contributed by atoms with van der Waals surface area (Å²) in [4.78, 5) is 30.1. The molecule has 12 heteroatoms. The smallest absolute Gasteiger partial charge is 0.320 e. The maximum absolute atomic E-state index is 10.7. The van der Waals surface area contributed by atoms with Crippen molar-refractivity contribution in [3.8, 4) is 0 Å². The molecule has 0 aromatic carbocycles. The van der Waals surface area contributed by atoms with Gasteiger partial charge < -0.3 is 38.9 Å². The molecular formula is C14H32N8O4. The molecule has 0 aliphatic rings. The van der Waals surface area contributed by atoms with E-state index in [1.165, 1.54) is 0 Å². The molecule has 2 unspecified atom stereocenters. The lowest BCUT2D eigenvalue weighted by molar-refractivity contribution is -0.142. The molecular weight excluding hydrogens is 344 g/mol. The predicted molar refractivity (Wildman–Crippen MR) is 101 cm³/mol. The lowest BCUT2D eigenvalue weighted by Gasteiger charge is -2.19. The van der Waals surface area contributed by atoms with Crippen LogP contribution in [-0.4, -0.2) is 78.2 Å². The molecule has 2 atom stereocenters. The Morgan fingerprint density at radius 3 is 1.62 bits per heavy atom. The standard InChI is InChI=1S/C8H18N4O2.C6H14N4O2/c1-12(2)6(7(13)14)4-3-5-11-8(9)10;7-4(5(11)12)2-1-3-10-6(8)9/h6H,3-5H2,1-2H3,(H,13,14)(H4,9,10,11);4H,1-3,7H2,(H,11,12)(H4,8,9,10). The Balaban J connectivity index is 0. The van der Waals surface area contributed by atoms with Crippen molar-refractivity contribution < 1.29 is 19.8 Å². The highest BCUT2D eigenvalue weighted by Gasteiger charge is 2.18. The minimum absolute atomic E-state index is 0.0129. The van der Waals surface area contributed by atoms with E-state index in [9.17, 15) is 9.59 Å². The highest BCUT2D eigenvalue weighted by Crippen LogP contribution is 2.03. The molecule has 0 aromatic rings. The van der Waals surface area contributed by atoms with Crippen molar-refractivity contribution in [1.29, 1.82) is 0 Å². The van der Waals surface area contributed by atoms with Crippen molar-refractivity contribution in [3.05, 3.63) is 0 Å². The SMILES string of the molecule is CN(C)C(CCCN=C(N)N)C(=O)O.NC(N)=NCCCC(N)C(=O)O. The Hall–Kier alpha value is -2.60. The second-order valence-corrected chi connectivity index (χ2v) is 5.66. The summed E-state index contributed by atoms with van der Waals surface area (Å²) in [7, 11) is 3.47. The molecule has 0 fully saturated rings. The van der Waals surface area contributed by atoms with Gasteiger partial charge in [-0.2, -0.15) is 0 Å². The molecule has 0 aliphatic heterocycles. The first-order chi connectivity index (χ1) is 12.0. The third-order valence-electron chi connectivity index (χ3n) is 3.12. The molecule has 0 heterocycles. The van der Waals surface area contributed by atoms with Crippen LogP contribution < -0.4 is 28.7 Å². The van der Waals surface area contributed by atoms with E-state index in [1.54, 1.807) is 19.0 Å². The van der Waals surface area contributed by atoms with Gasteiger partial charge in [0.2, 0.25) is 0 Å². The van der Waals surface area contributed by atoms with E-state index >= 15 is 0 Å². The van der Waals surface area contributed by atoms with Gasteiger partial charge in [-0.25, -0.2) is 0 Å². The van der Waals surface area contributed by atoms with Gasteiger partial charge in [0, 0.05) is 13.1 Å². The molecule has 0 bridgehead atoms. The van der Waals surface area contributed by atoms with E-state index in [4.69, 9.17) is 38.9 Å². The maximum atomic E-state index is 10.7. The lowest BCUT2D eigenvalue weighted by atomic mass is 10.1. The first-order valence-corrected chi connectivity index (χ1v) is 7.97. The molecule has 12 nitrogen and oxygen atoms in total. The Morgan fingerprint density at radius 1 is 0.885 bits per heavy atom. The summed E-state index contributed by atoms with van der Waals surface area (Å²) in [5, 5.41) is 17.2. The van der Waals surface area contributed by atoms with Crippen molar-refractivity contribution in [2.45, 2.75) is 37.8 Å². The number of nitrogens with two attached hydrogens (primary N) is 5. The number of nitrogens with zero attached hydrogens (tertiary/aromatic N) is 3. The van der Waals surface area contributed by atoms with Crippen molar-refractivity contribution in [1.82, 2.24) is 4.90 Å². The number of hydrogen-bond acceptors (Lipinski definition) is 6. The molecule has 0 radical (unpaired) electrons. The fraction of sp³-hybridized carbons (Fsp3) is 0.714. The largest absolute Gasteiger partial charge is 0.480 e. The van der Waals surface area contributed by atoms with Gasteiger partial charge in [-0.05, 0) is 39.8 Å². The number of hydrogen-bond donors (Lipinski definition) is 7. The molecule has 0 saturated heterocycles. The van der Waals surface area contributed by atoms with E-state index in [0.717, 1.165) is 0 Å². The summed E-state index contributed by atoms with van der Waals surface area (Å²) in [5.74, 6) is -1.76. The number of carboxylic acid groups (broad SMARTS) is 2. The van der Waals surface area contributed by atoms with Gasteiger partial charge >= 0.3 is 11.9 Å². The molecule has 12 N–H and O–H groups in total. The van der Waals surface area contributed by atoms with Crippen LogP contribution in [0.15, 0.2) is 9.98 Å². The summed E-state index contributed by atoms with van der Waals surface area (Å²) in [6.45, 7) is 0.892. The van der Waals surface area contributed by atoms with Crippen molar-refractivity contribution in [3.63, 3.8) is 0 Å². The normalized spacial score (nSPS) is 12.3. The van der Waals surface area contributed by atoms with Crippen molar-refractivity contribution in [2.75, 3.05) is 27.2 Å². The van der Waals surface area contributed by atoms with Gasteiger partial charge in [-0.15, -0.1) is 0 Å². The Kier molecular flexibility index (Phi) is 14.5. The van der Waals surface area contributed by atoms with Gasteiger partial charge in [0.15, 0.2) is 11.9 Å². The van der Waals surface area contributed by atoms with Crippen LogP contribution in [0.1, 0.15) is 25.7 Å². The van der Waals surface area contributed by atoms with Crippen LogP contribution >= 0.6 is 0 Å².